The Morgan fingerprint density at radius 1 is 1.65 bits per heavy atom. The SMILES string of the molecule is C/C=C\C1=C(N)C(NCC(N)CC)=CCC1F. The van der Waals surface area contributed by atoms with Crippen molar-refractivity contribution in [3.63, 3.8) is 0 Å². The van der Waals surface area contributed by atoms with Gasteiger partial charge in [-0.15, -0.1) is 0 Å². The van der Waals surface area contributed by atoms with Crippen molar-refractivity contribution in [1.82, 2.24) is 5.32 Å². The van der Waals surface area contributed by atoms with Gasteiger partial charge in [-0.3, -0.25) is 0 Å². The van der Waals surface area contributed by atoms with Crippen LogP contribution in [0.15, 0.2) is 35.2 Å². The Labute approximate surface area is 102 Å². The molecule has 2 atom stereocenters. The van der Waals surface area contributed by atoms with Crippen molar-refractivity contribution in [1.29, 1.82) is 0 Å². The van der Waals surface area contributed by atoms with E-state index < -0.39 is 6.17 Å². The minimum absolute atomic E-state index is 0.0944. The van der Waals surface area contributed by atoms with Gasteiger partial charge in [0.15, 0.2) is 0 Å². The Morgan fingerprint density at radius 2 is 2.35 bits per heavy atom. The average Bonchev–Trinajstić information content (AvgIpc) is 2.33. The Morgan fingerprint density at radius 3 is 2.94 bits per heavy atom. The molecule has 0 fully saturated rings. The molecule has 3 nitrogen and oxygen atoms in total. The van der Waals surface area contributed by atoms with Crippen molar-refractivity contribution in [2.45, 2.75) is 38.9 Å². The highest BCUT2D eigenvalue weighted by atomic mass is 19.1. The molecule has 0 aromatic carbocycles. The van der Waals surface area contributed by atoms with Crippen LogP contribution >= 0.6 is 0 Å². The van der Waals surface area contributed by atoms with Gasteiger partial charge in [0, 0.05) is 24.6 Å². The fourth-order valence-electron chi connectivity index (χ4n) is 1.71. The van der Waals surface area contributed by atoms with Crippen LogP contribution in [0.2, 0.25) is 0 Å². The molecule has 0 aromatic rings. The zero-order valence-corrected chi connectivity index (χ0v) is 10.5. The molecule has 0 saturated heterocycles. The fourth-order valence-corrected chi connectivity index (χ4v) is 1.71. The maximum absolute atomic E-state index is 13.6. The molecule has 0 saturated carbocycles. The Kier molecular flexibility index (Phi) is 5.22. The quantitative estimate of drug-likeness (QED) is 0.684. The predicted molar refractivity (Wildman–Crippen MR) is 69.9 cm³/mol. The van der Waals surface area contributed by atoms with Crippen LogP contribution in [0.5, 0.6) is 0 Å². The summed E-state index contributed by atoms with van der Waals surface area (Å²) in [6.45, 7) is 4.54. The maximum atomic E-state index is 13.6. The van der Waals surface area contributed by atoms with E-state index in [1.54, 1.807) is 18.2 Å². The van der Waals surface area contributed by atoms with E-state index in [0.717, 1.165) is 12.1 Å². The molecule has 17 heavy (non-hydrogen) atoms. The van der Waals surface area contributed by atoms with Gasteiger partial charge >= 0.3 is 0 Å². The lowest BCUT2D eigenvalue weighted by Crippen LogP contribution is -2.35. The molecule has 0 heterocycles. The van der Waals surface area contributed by atoms with E-state index in [-0.39, 0.29) is 6.04 Å². The third kappa shape index (κ3) is 3.60. The molecule has 0 radical (unpaired) electrons. The van der Waals surface area contributed by atoms with E-state index in [1.165, 1.54) is 0 Å². The van der Waals surface area contributed by atoms with E-state index >= 15 is 0 Å². The zero-order chi connectivity index (χ0) is 12.8. The number of hydrogen-bond acceptors (Lipinski definition) is 3. The largest absolute Gasteiger partial charge is 0.397 e. The minimum Gasteiger partial charge on any atom is -0.397 e. The Hall–Kier alpha value is -1.29. The highest BCUT2D eigenvalue weighted by Gasteiger charge is 2.20. The summed E-state index contributed by atoms with van der Waals surface area (Å²) < 4.78 is 13.6. The number of allylic oxidation sites excluding steroid dienone is 4. The lowest BCUT2D eigenvalue weighted by molar-refractivity contribution is 0.383. The van der Waals surface area contributed by atoms with Crippen LogP contribution in [0.25, 0.3) is 0 Å². The number of alkyl halides is 1. The molecule has 0 aliphatic heterocycles. The van der Waals surface area contributed by atoms with Crippen molar-refractivity contribution in [3.05, 3.63) is 35.2 Å². The molecule has 1 rings (SSSR count). The lowest BCUT2D eigenvalue weighted by Gasteiger charge is -2.22. The molecule has 0 spiro atoms. The normalized spacial score (nSPS) is 22.8. The third-order valence-corrected chi connectivity index (χ3v) is 2.89. The van der Waals surface area contributed by atoms with Crippen LogP contribution in [0.4, 0.5) is 4.39 Å². The Bertz CT molecular complexity index is 345. The summed E-state index contributed by atoms with van der Waals surface area (Å²) >= 11 is 0. The van der Waals surface area contributed by atoms with Crippen molar-refractivity contribution < 1.29 is 4.39 Å². The van der Waals surface area contributed by atoms with E-state index in [4.69, 9.17) is 11.5 Å². The van der Waals surface area contributed by atoms with E-state index in [2.05, 4.69) is 5.32 Å². The van der Waals surface area contributed by atoms with Crippen LogP contribution in [0.1, 0.15) is 26.7 Å². The maximum Gasteiger partial charge on any atom is 0.131 e. The smallest absolute Gasteiger partial charge is 0.131 e. The van der Waals surface area contributed by atoms with E-state index in [0.29, 0.717) is 24.2 Å². The molecule has 0 amide bonds. The second-order valence-electron chi connectivity index (χ2n) is 4.24. The van der Waals surface area contributed by atoms with Crippen molar-refractivity contribution >= 4 is 0 Å². The summed E-state index contributed by atoms with van der Waals surface area (Å²) in [5.41, 5.74) is 13.6. The van der Waals surface area contributed by atoms with Crippen LogP contribution in [0, 0.1) is 0 Å². The summed E-state index contributed by atoms with van der Waals surface area (Å²) in [7, 11) is 0. The monoisotopic (exact) mass is 239 g/mol. The molecular weight excluding hydrogens is 217 g/mol. The fraction of sp³-hybridized carbons (Fsp3) is 0.538. The Balaban J connectivity index is 2.74. The number of hydrogen-bond donors (Lipinski definition) is 3. The van der Waals surface area contributed by atoms with Crippen LogP contribution in [0.3, 0.4) is 0 Å². The zero-order valence-electron chi connectivity index (χ0n) is 10.5. The van der Waals surface area contributed by atoms with Gasteiger partial charge in [-0.1, -0.05) is 25.2 Å². The van der Waals surface area contributed by atoms with Gasteiger partial charge in [-0.25, -0.2) is 4.39 Å². The second-order valence-corrected chi connectivity index (χ2v) is 4.24. The summed E-state index contributed by atoms with van der Waals surface area (Å²) in [4.78, 5) is 0. The molecule has 0 bridgehead atoms. The topological polar surface area (TPSA) is 64.1 Å². The minimum atomic E-state index is -1.00. The molecule has 0 aromatic heterocycles. The number of halogens is 1. The number of nitrogens with one attached hydrogen (secondary N) is 1. The van der Waals surface area contributed by atoms with Gasteiger partial charge in [0.1, 0.15) is 6.17 Å². The average molecular weight is 239 g/mol. The summed E-state index contributed by atoms with van der Waals surface area (Å²) in [6, 6.07) is 0.0944. The second kappa shape index (κ2) is 6.45. The van der Waals surface area contributed by atoms with Gasteiger partial charge < -0.3 is 16.8 Å². The first kappa shape index (κ1) is 13.8. The molecule has 1 aliphatic carbocycles. The highest BCUT2D eigenvalue weighted by molar-refractivity contribution is 5.42. The molecule has 2 unspecified atom stereocenters. The summed E-state index contributed by atoms with van der Waals surface area (Å²) in [5.74, 6) is 0. The highest BCUT2D eigenvalue weighted by Crippen LogP contribution is 2.24. The lowest BCUT2D eigenvalue weighted by atomic mass is 9.97. The third-order valence-electron chi connectivity index (χ3n) is 2.89. The van der Waals surface area contributed by atoms with Gasteiger partial charge in [0.25, 0.3) is 0 Å². The van der Waals surface area contributed by atoms with Crippen molar-refractivity contribution in [2.75, 3.05) is 6.54 Å². The first-order chi connectivity index (χ1) is 8.10. The molecule has 96 valence electrons. The first-order valence-corrected chi connectivity index (χ1v) is 6.06. The van der Waals surface area contributed by atoms with Gasteiger partial charge in [-0.05, 0) is 13.3 Å². The van der Waals surface area contributed by atoms with Crippen LogP contribution in [-0.2, 0) is 0 Å². The van der Waals surface area contributed by atoms with Crippen molar-refractivity contribution in [3.8, 4) is 0 Å². The van der Waals surface area contributed by atoms with Crippen LogP contribution < -0.4 is 16.8 Å². The van der Waals surface area contributed by atoms with E-state index in [9.17, 15) is 4.39 Å². The number of nitrogens with two attached hydrogens (primary N) is 2. The van der Waals surface area contributed by atoms with Gasteiger partial charge in [-0.2, -0.15) is 0 Å². The predicted octanol–water partition coefficient (Wildman–Crippen LogP) is 1.73. The first-order valence-electron chi connectivity index (χ1n) is 6.06. The van der Waals surface area contributed by atoms with Gasteiger partial charge in [0.2, 0.25) is 0 Å². The molecule has 4 heteroatoms. The molecule has 1 aliphatic rings. The molecule has 5 N–H and O–H groups in total. The number of rotatable bonds is 5. The van der Waals surface area contributed by atoms with Crippen molar-refractivity contribution in [2.24, 2.45) is 11.5 Å². The summed E-state index contributed by atoms with van der Waals surface area (Å²) in [6.07, 6.45) is 5.59. The standard InChI is InChI=1S/C13H22FN3/c1-3-5-10-11(14)6-7-12(13(10)16)17-8-9(15)4-2/h3,5,7,9,11,17H,4,6,8,15-16H2,1-2H3/b5-3-. The van der Waals surface area contributed by atoms with Crippen LogP contribution in [-0.4, -0.2) is 18.8 Å². The van der Waals surface area contributed by atoms with E-state index in [1.807, 2.05) is 13.8 Å². The molecular formula is C13H22FN3. The van der Waals surface area contributed by atoms with Gasteiger partial charge in [0.05, 0.1) is 11.4 Å². The summed E-state index contributed by atoms with van der Waals surface area (Å²) in [5, 5.41) is 3.18.